The smallest absolute Gasteiger partial charge is 0.427 e. The van der Waals surface area contributed by atoms with E-state index in [1.165, 1.54) is 0 Å². The zero-order valence-corrected chi connectivity index (χ0v) is 10.3. The van der Waals surface area contributed by atoms with Crippen LogP contribution in [0.2, 0.25) is 0 Å². The maximum Gasteiger partial charge on any atom is 1.00 e. The Bertz CT molecular complexity index is 144. The summed E-state index contributed by atoms with van der Waals surface area (Å²) in [6.07, 6.45) is 0. The molecular weight excluding hydrogens is 176 g/mol. The molecule has 0 saturated carbocycles. The van der Waals surface area contributed by atoms with E-state index < -0.39 is 0 Å². The van der Waals surface area contributed by atoms with E-state index in [4.69, 9.17) is 0 Å². The summed E-state index contributed by atoms with van der Waals surface area (Å²) in [7, 11) is 0. The Morgan fingerprint density at radius 3 is 2.12 bits per heavy atom. The molecule has 0 spiro atoms. The molecule has 8 heavy (non-hydrogen) atoms. The largest absolute Gasteiger partial charge is 1.00 e. The van der Waals surface area contributed by atoms with Crippen molar-refractivity contribution in [2.75, 3.05) is 0 Å². The van der Waals surface area contributed by atoms with Crippen molar-refractivity contribution in [1.82, 2.24) is 15.2 Å². The van der Waals surface area contributed by atoms with Gasteiger partial charge in [0, 0.05) is 5.82 Å². The van der Waals surface area contributed by atoms with Crippen molar-refractivity contribution in [1.29, 1.82) is 0 Å². The summed E-state index contributed by atoms with van der Waals surface area (Å²) in [5.74, 6) is 1.50. The van der Waals surface area contributed by atoms with E-state index in [1.54, 1.807) is 0 Å². The second-order valence-electron chi connectivity index (χ2n) is 1.41. The third kappa shape index (κ3) is 2.48. The molecule has 4 heteroatoms. The Kier molecular flexibility index (Phi) is 4.33. The molecule has 0 aliphatic carbocycles. The predicted octanol–water partition coefficient (Wildman–Crippen LogP) is -2.95. The summed E-state index contributed by atoms with van der Waals surface area (Å²) < 4.78 is 0. The van der Waals surface area contributed by atoms with Gasteiger partial charge in [0.2, 0.25) is 0 Å². The molecular formula is C4H6N3Rb. The van der Waals surface area contributed by atoms with Crippen LogP contribution in [-0.4, -0.2) is 10.1 Å². The molecule has 0 bridgehead atoms. The van der Waals surface area contributed by atoms with E-state index in [9.17, 15) is 0 Å². The van der Waals surface area contributed by atoms with Crippen LogP contribution in [0.15, 0.2) is 0 Å². The molecule has 0 N–H and O–H groups in total. The Morgan fingerprint density at radius 2 is 2.00 bits per heavy atom. The topological polar surface area (TPSA) is 39.9 Å². The molecule has 0 saturated heterocycles. The van der Waals surface area contributed by atoms with Crippen molar-refractivity contribution in [3.8, 4) is 0 Å². The molecule has 1 aromatic rings. The molecule has 0 aliphatic heterocycles. The first-order valence-corrected chi connectivity index (χ1v) is 2.09. The molecule has 0 radical (unpaired) electrons. The minimum Gasteiger partial charge on any atom is -0.427 e. The average Bonchev–Trinajstić information content (AvgIpc) is 1.87. The minimum atomic E-state index is 0. The number of nitrogens with zero attached hydrogens (tertiary/aromatic N) is 3. The summed E-state index contributed by atoms with van der Waals surface area (Å²) in [5.41, 5.74) is 0. The summed E-state index contributed by atoms with van der Waals surface area (Å²) in [5, 5.41) is 7.31. The molecule has 1 rings (SSSR count). The average molecular weight is 182 g/mol. The van der Waals surface area contributed by atoms with E-state index in [1.807, 2.05) is 13.8 Å². The Morgan fingerprint density at radius 1 is 1.38 bits per heavy atom. The van der Waals surface area contributed by atoms with Crippen LogP contribution in [0.4, 0.5) is 0 Å². The molecule has 0 unspecified atom stereocenters. The van der Waals surface area contributed by atoms with Gasteiger partial charge in [-0.1, -0.05) is 5.82 Å². The van der Waals surface area contributed by atoms with Crippen LogP contribution in [0.5, 0.6) is 0 Å². The van der Waals surface area contributed by atoms with Crippen molar-refractivity contribution in [2.24, 2.45) is 0 Å². The third-order valence-electron chi connectivity index (χ3n) is 0.663. The van der Waals surface area contributed by atoms with Crippen molar-refractivity contribution in [2.45, 2.75) is 13.8 Å². The zero-order valence-electron chi connectivity index (χ0n) is 5.34. The summed E-state index contributed by atoms with van der Waals surface area (Å²) >= 11 is 0. The van der Waals surface area contributed by atoms with E-state index >= 15 is 0 Å². The predicted molar refractivity (Wildman–Crippen MR) is 24.8 cm³/mol. The van der Waals surface area contributed by atoms with Crippen LogP contribution in [0, 0.1) is 13.8 Å². The van der Waals surface area contributed by atoms with E-state index in [2.05, 4.69) is 15.2 Å². The third-order valence-corrected chi connectivity index (χ3v) is 0.663. The monoisotopic (exact) mass is 181 g/mol. The van der Waals surface area contributed by atoms with Gasteiger partial charge in [-0.25, -0.2) is 0 Å². The van der Waals surface area contributed by atoms with Gasteiger partial charge in [0.15, 0.2) is 0 Å². The van der Waals surface area contributed by atoms with Gasteiger partial charge in [0.05, 0.1) is 0 Å². The SMILES string of the molecule is Cc1n[n-]c(C)n1.[Rb+]. The number of hydrogen-bond donors (Lipinski definition) is 0. The molecule has 3 nitrogen and oxygen atoms in total. The minimum absolute atomic E-state index is 0. The van der Waals surface area contributed by atoms with E-state index in [0.29, 0.717) is 0 Å². The fraction of sp³-hybridized carbons (Fsp3) is 0.500. The van der Waals surface area contributed by atoms with Crippen LogP contribution in [0.25, 0.3) is 0 Å². The van der Waals surface area contributed by atoms with Crippen molar-refractivity contribution in [3.05, 3.63) is 11.6 Å². The molecule has 38 valence electrons. The maximum absolute atomic E-state index is 3.89. The van der Waals surface area contributed by atoms with Crippen molar-refractivity contribution in [3.63, 3.8) is 0 Å². The van der Waals surface area contributed by atoms with Crippen LogP contribution in [-0.2, 0) is 0 Å². The van der Waals surface area contributed by atoms with Gasteiger partial charge in [-0.2, -0.15) is 0 Å². The molecule has 0 aliphatic rings. The van der Waals surface area contributed by atoms with E-state index in [-0.39, 0.29) is 58.2 Å². The Balaban J connectivity index is 0.000000490. The van der Waals surface area contributed by atoms with Gasteiger partial charge in [0.1, 0.15) is 0 Å². The molecule has 0 fully saturated rings. The molecule has 1 heterocycles. The Hall–Kier alpha value is 0.945. The first kappa shape index (κ1) is 8.95. The fourth-order valence-corrected chi connectivity index (χ4v) is 0.424. The molecule has 0 aromatic carbocycles. The normalized spacial score (nSPS) is 8.25. The van der Waals surface area contributed by atoms with Gasteiger partial charge in [-0.15, -0.1) is 0 Å². The van der Waals surface area contributed by atoms with Crippen LogP contribution in [0.1, 0.15) is 11.6 Å². The van der Waals surface area contributed by atoms with Crippen LogP contribution in [0.3, 0.4) is 0 Å². The number of aryl methyl sites for hydroxylation is 2. The first-order chi connectivity index (χ1) is 3.29. The molecule has 0 amide bonds. The quantitative estimate of drug-likeness (QED) is 0.430. The zero-order chi connectivity index (χ0) is 5.28. The number of rotatable bonds is 0. The standard InChI is InChI=1S/C4H6N3.Rb/c1-3-5-4(2)7-6-3;/h1-2H3;/q-1;+1. The van der Waals surface area contributed by atoms with Gasteiger partial charge in [0.25, 0.3) is 0 Å². The summed E-state index contributed by atoms with van der Waals surface area (Å²) in [4.78, 5) is 3.89. The number of hydrogen-bond acceptors (Lipinski definition) is 2. The van der Waals surface area contributed by atoms with Gasteiger partial charge >= 0.3 is 58.2 Å². The van der Waals surface area contributed by atoms with Gasteiger partial charge < -0.3 is 10.1 Å². The number of aromatic nitrogens is 3. The second kappa shape index (κ2) is 3.87. The van der Waals surface area contributed by atoms with Gasteiger partial charge in [-0.3, -0.25) is 5.10 Å². The summed E-state index contributed by atoms with van der Waals surface area (Å²) in [6, 6.07) is 0. The van der Waals surface area contributed by atoms with Gasteiger partial charge in [-0.05, 0) is 13.8 Å². The molecule has 0 atom stereocenters. The van der Waals surface area contributed by atoms with Crippen molar-refractivity contribution >= 4 is 0 Å². The van der Waals surface area contributed by atoms with Crippen LogP contribution < -0.4 is 63.3 Å². The fourth-order valence-electron chi connectivity index (χ4n) is 0.424. The van der Waals surface area contributed by atoms with Crippen LogP contribution >= 0.6 is 0 Å². The maximum atomic E-state index is 3.89. The van der Waals surface area contributed by atoms with E-state index in [0.717, 1.165) is 11.6 Å². The first-order valence-electron chi connectivity index (χ1n) is 2.09. The Labute approximate surface area is 97.1 Å². The second-order valence-corrected chi connectivity index (χ2v) is 1.41. The summed E-state index contributed by atoms with van der Waals surface area (Å²) in [6.45, 7) is 3.64. The molecule has 1 aromatic heterocycles. The van der Waals surface area contributed by atoms with Crippen molar-refractivity contribution < 1.29 is 58.2 Å².